The summed E-state index contributed by atoms with van der Waals surface area (Å²) in [5.74, 6) is 1.52. The van der Waals surface area contributed by atoms with E-state index in [1.165, 1.54) is 24.1 Å². The maximum absolute atomic E-state index is 12.1. The molecule has 0 bridgehead atoms. The summed E-state index contributed by atoms with van der Waals surface area (Å²) in [7, 11) is 0. The molecule has 1 N–H and O–H groups in total. The van der Waals surface area contributed by atoms with Gasteiger partial charge in [-0.15, -0.1) is 0 Å². The smallest absolute Gasteiger partial charge is 0.219 e. The van der Waals surface area contributed by atoms with E-state index < -0.39 is 0 Å². The topological polar surface area (TPSA) is 112 Å². The predicted octanol–water partition coefficient (Wildman–Crippen LogP) is 6.38. The second-order valence-electron chi connectivity index (χ2n) is 14.7. The van der Waals surface area contributed by atoms with E-state index in [9.17, 15) is 4.79 Å². The molecule has 252 valence electrons. The number of carbonyl (C=O) groups excluding carboxylic acids is 1. The molecule has 11 heteroatoms. The zero-order chi connectivity index (χ0) is 33.4. The number of H-pyrrole nitrogens is 1. The van der Waals surface area contributed by atoms with Crippen LogP contribution in [-0.4, -0.2) is 76.2 Å². The van der Waals surface area contributed by atoms with Gasteiger partial charge in [0.05, 0.1) is 24.0 Å². The van der Waals surface area contributed by atoms with E-state index in [2.05, 4.69) is 75.1 Å². The fourth-order valence-corrected chi connectivity index (χ4v) is 7.75. The van der Waals surface area contributed by atoms with E-state index in [4.69, 9.17) is 19.9 Å². The summed E-state index contributed by atoms with van der Waals surface area (Å²) in [4.78, 5) is 26.9. The normalized spacial score (nSPS) is 18.9. The Morgan fingerprint density at radius 2 is 1.69 bits per heavy atom. The number of likely N-dealkylation sites (tertiary alicyclic amines) is 1. The number of ether oxygens (including phenoxy) is 1. The minimum Gasteiger partial charge on any atom is -0.381 e. The van der Waals surface area contributed by atoms with E-state index in [0.717, 1.165) is 87.9 Å². The van der Waals surface area contributed by atoms with Crippen molar-refractivity contribution in [3.8, 4) is 22.5 Å². The van der Waals surface area contributed by atoms with E-state index >= 15 is 0 Å². The van der Waals surface area contributed by atoms with Gasteiger partial charge >= 0.3 is 0 Å². The molecule has 2 aliphatic heterocycles. The quantitative estimate of drug-likeness (QED) is 0.193. The number of aromatic nitrogens is 8. The standard InChI is InChI=1S/C38H43N9O2/c1-22-13-39-37-31(22)9-28(14-40-37)34-12-36(30-19-44(20-30)25(4)48)47(43-34)24(3)17-45-16-23(2)32-10-29(15-41-38(32)45)33-11-35(27-7-8-49-21-27)46(42-33)18-26-5-6-26/h9-16,24,26-27,30H,5-8,17-21H2,1-4H3,(H,39,40). The van der Waals surface area contributed by atoms with Gasteiger partial charge < -0.3 is 19.2 Å². The van der Waals surface area contributed by atoms with Crippen LogP contribution < -0.4 is 0 Å². The van der Waals surface area contributed by atoms with Gasteiger partial charge in [-0.25, -0.2) is 9.97 Å². The number of pyridine rings is 2. The minimum absolute atomic E-state index is 0.0478. The van der Waals surface area contributed by atoms with Crippen molar-refractivity contribution < 1.29 is 9.53 Å². The van der Waals surface area contributed by atoms with Crippen molar-refractivity contribution in [1.82, 2.24) is 44.0 Å². The van der Waals surface area contributed by atoms with Gasteiger partial charge in [0.1, 0.15) is 11.3 Å². The van der Waals surface area contributed by atoms with Crippen LogP contribution in [0.3, 0.4) is 0 Å². The molecule has 1 saturated carbocycles. The fourth-order valence-electron chi connectivity index (χ4n) is 7.75. The van der Waals surface area contributed by atoms with Crippen LogP contribution in [0.15, 0.2) is 49.1 Å². The van der Waals surface area contributed by atoms with Crippen LogP contribution in [0, 0.1) is 19.8 Å². The largest absolute Gasteiger partial charge is 0.381 e. The van der Waals surface area contributed by atoms with Gasteiger partial charge in [0.15, 0.2) is 0 Å². The van der Waals surface area contributed by atoms with E-state index in [-0.39, 0.29) is 17.9 Å². The van der Waals surface area contributed by atoms with Crippen molar-refractivity contribution >= 4 is 28.0 Å². The Bertz CT molecular complexity index is 2200. The van der Waals surface area contributed by atoms with E-state index in [0.29, 0.717) is 25.6 Å². The van der Waals surface area contributed by atoms with Crippen LogP contribution in [0.5, 0.6) is 0 Å². The molecule has 0 radical (unpaired) electrons. The van der Waals surface area contributed by atoms with Gasteiger partial charge in [-0.1, -0.05) is 0 Å². The molecule has 3 aliphatic rings. The summed E-state index contributed by atoms with van der Waals surface area (Å²) >= 11 is 0. The number of amides is 1. The molecule has 6 aromatic heterocycles. The third kappa shape index (κ3) is 5.44. The number of nitrogens with one attached hydrogen (secondary N) is 1. The first-order valence-electron chi connectivity index (χ1n) is 17.7. The molecule has 2 saturated heterocycles. The highest BCUT2D eigenvalue weighted by atomic mass is 16.5. The molecule has 8 heterocycles. The summed E-state index contributed by atoms with van der Waals surface area (Å²) < 4.78 is 12.4. The number of hydrogen-bond acceptors (Lipinski definition) is 6. The lowest BCUT2D eigenvalue weighted by molar-refractivity contribution is -0.133. The van der Waals surface area contributed by atoms with Crippen molar-refractivity contribution in [2.24, 2.45) is 5.92 Å². The van der Waals surface area contributed by atoms with Crippen LogP contribution in [0.4, 0.5) is 0 Å². The molecular formula is C38H43N9O2. The molecule has 1 aliphatic carbocycles. The summed E-state index contributed by atoms with van der Waals surface area (Å²) in [6, 6.07) is 8.94. The second kappa shape index (κ2) is 11.7. The van der Waals surface area contributed by atoms with Crippen LogP contribution in [0.1, 0.15) is 73.5 Å². The first-order valence-corrected chi connectivity index (χ1v) is 17.7. The van der Waals surface area contributed by atoms with Crippen LogP contribution >= 0.6 is 0 Å². The lowest BCUT2D eigenvalue weighted by atomic mass is 9.95. The molecule has 9 rings (SSSR count). The maximum atomic E-state index is 12.1. The summed E-state index contributed by atoms with van der Waals surface area (Å²) in [6.07, 6.45) is 11.7. The third-order valence-corrected chi connectivity index (χ3v) is 10.9. The number of aryl methyl sites for hydroxylation is 2. The predicted molar refractivity (Wildman–Crippen MR) is 188 cm³/mol. The van der Waals surface area contributed by atoms with E-state index in [1.54, 1.807) is 6.92 Å². The van der Waals surface area contributed by atoms with Crippen molar-refractivity contribution in [3.05, 3.63) is 71.6 Å². The van der Waals surface area contributed by atoms with Gasteiger partial charge in [0.2, 0.25) is 5.91 Å². The Morgan fingerprint density at radius 3 is 2.45 bits per heavy atom. The number of aromatic amines is 1. The Morgan fingerprint density at radius 1 is 0.939 bits per heavy atom. The van der Waals surface area contributed by atoms with Crippen LogP contribution in [-0.2, 0) is 22.6 Å². The minimum atomic E-state index is 0.0478. The number of rotatable bonds is 9. The molecule has 2 atom stereocenters. The number of carbonyl (C=O) groups is 1. The Kier molecular flexibility index (Phi) is 7.23. The Hall–Kier alpha value is -4.77. The first kappa shape index (κ1) is 30.3. The van der Waals surface area contributed by atoms with Crippen LogP contribution in [0.2, 0.25) is 0 Å². The van der Waals surface area contributed by atoms with Gasteiger partial charge in [0.25, 0.3) is 0 Å². The maximum Gasteiger partial charge on any atom is 0.219 e. The highest BCUT2D eigenvalue weighted by Crippen LogP contribution is 2.37. The molecule has 1 amide bonds. The number of nitrogens with zero attached hydrogens (tertiary/aromatic N) is 8. The third-order valence-electron chi connectivity index (χ3n) is 10.9. The van der Waals surface area contributed by atoms with Crippen molar-refractivity contribution in [2.45, 2.75) is 77.9 Å². The average Bonchev–Trinajstić information content (AvgIpc) is 3.55. The molecule has 6 aromatic rings. The molecule has 2 unspecified atom stereocenters. The average molecular weight is 658 g/mol. The molecule has 11 nitrogen and oxygen atoms in total. The molecule has 0 aromatic carbocycles. The first-order chi connectivity index (χ1) is 23.8. The zero-order valence-electron chi connectivity index (χ0n) is 28.7. The Labute approximate surface area is 285 Å². The van der Waals surface area contributed by atoms with Crippen LogP contribution in [0.25, 0.3) is 44.6 Å². The summed E-state index contributed by atoms with van der Waals surface area (Å²) in [5, 5.41) is 12.5. The van der Waals surface area contributed by atoms with Crippen molar-refractivity contribution in [1.29, 1.82) is 0 Å². The Balaban J connectivity index is 1.02. The lowest BCUT2D eigenvalue weighted by Crippen LogP contribution is -2.48. The number of hydrogen-bond donors (Lipinski definition) is 1. The fraction of sp³-hybridized carbons (Fsp3) is 0.447. The molecule has 3 fully saturated rings. The van der Waals surface area contributed by atoms with Gasteiger partial charge in [0, 0.05) is 110 Å². The summed E-state index contributed by atoms with van der Waals surface area (Å²) in [6.45, 7) is 12.8. The van der Waals surface area contributed by atoms with Crippen molar-refractivity contribution in [3.63, 3.8) is 0 Å². The van der Waals surface area contributed by atoms with Crippen molar-refractivity contribution in [2.75, 3.05) is 26.3 Å². The number of fused-ring (bicyclic) bond motifs is 2. The van der Waals surface area contributed by atoms with Gasteiger partial charge in [-0.05, 0) is 81.3 Å². The lowest BCUT2D eigenvalue weighted by Gasteiger charge is -2.39. The highest BCUT2D eigenvalue weighted by molar-refractivity contribution is 5.85. The van der Waals surface area contributed by atoms with E-state index in [1.807, 2.05) is 23.5 Å². The monoisotopic (exact) mass is 657 g/mol. The molecule has 49 heavy (non-hydrogen) atoms. The van der Waals surface area contributed by atoms with Gasteiger partial charge in [-0.3, -0.25) is 14.2 Å². The second-order valence-corrected chi connectivity index (χ2v) is 14.7. The molecular weight excluding hydrogens is 614 g/mol. The highest BCUT2D eigenvalue weighted by Gasteiger charge is 2.34. The van der Waals surface area contributed by atoms with Gasteiger partial charge in [-0.2, -0.15) is 10.2 Å². The molecule has 0 spiro atoms. The zero-order valence-corrected chi connectivity index (χ0v) is 28.7. The SMILES string of the molecule is CC(=O)N1CC(c2cc(-c3cnc4[nH]cc(C)c4c3)nn2C(C)Cn2cc(C)c3cc(-c4cc(C5CCOC5)n(CC5CC5)n4)cnc32)C1. The summed E-state index contributed by atoms with van der Waals surface area (Å²) in [5.41, 5.74) is 10.6.